The Morgan fingerprint density at radius 3 is 2.31 bits per heavy atom. The highest BCUT2D eigenvalue weighted by atomic mass is 35.5. The zero-order chi connectivity index (χ0) is 21.9. The molecule has 1 aromatic heterocycles. The Hall–Kier alpha value is -3.01. The van der Waals surface area contributed by atoms with Gasteiger partial charge < -0.3 is 9.40 Å². The third-order valence-corrected chi connectivity index (χ3v) is 6.45. The SMILES string of the molecule is Clc1ccc(CO/N=C2\CCCc3c2cc(-c2ccccc2)n3-c2ccccc2)cc1Cl. The second kappa shape index (κ2) is 9.23. The minimum absolute atomic E-state index is 0.348. The highest BCUT2D eigenvalue weighted by Gasteiger charge is 2.24. The third-order valence-electron chi connectivity index (χ3n) is 5.71. The molecule has 3 nitrogen and oxygen atoms in total. The van der Waals surface area contributed by atoms with Crippen molar-refractivity contribution < 1.29 is 4.84 Å². The molecule has 0 saturated carbocycles. The first-order chi connectivity index (χ1) is 15.7. The van der Waals surface area contributed by atoms with Gasteiger partial charge >= 0.3 is 0 Å². The molecule has 0 bridgehead atoms. The Bertz CT molecular complexity index is 1260. The van der Waals surface area contributed by atoms with E-state index in [1.807, 2.05) is 24.3 Å². The highest BCUT2D eigenvalue weighted by Crippen LogP contribution is 2.34. The number of aromatic nitrogens is 1. The summed E-state index contributed by atoms with van der Waals surface area (Å²) in [6, 6.07) is 28.7. The summed E-state index contributed by atoms with van der Waals surface area (Å²) in [7, 11) is 0. The lowest BCUT2D eigenvalue weighted by molar-refractivity contribution is 0.130. The van der Waals surface area contributed by atoms with E-state index in [1.165, 1.54) is 17.0 Å². The fourth-order valence-electron chi connectivity index (χ4n) is 4.21. The maximum absolute atomic E-state index is 6.12. The molecule has 5 rings (SSSR count). The van der Waals surface area contributed by atoms with Crippen LogP contribution >= 0.6 is 23.2 Å². The van der Waals surface area contributed by atoms with Crippen LogP contribution in [0.15, 0.2) is 90.1 Å². The minimum Gasteiger partial charge on any atom is -0.391 e. The zero-order valence-electron chi connectivity index (χ0n) is 17.5. The number of fused-ring (bicyclic) bond motifs is 1. The van der Waals surface area contributed by atoms with Gasteiger partial charge in [0.25, 0.3) is 0 Å². The van der Waals surface area contributed by atoms with E-state index in [2.05, 4.69) is 64.3 Å². The fourth-order valence-corrected chi connectivity index (χ4v) is 4.53. The van der Waals surface area contributed by atoms with Crippen LogP contribution in [0.4, 0.5) is 0 Å². The van der Waals surface area contributed by atoms with Crippen LogP contribution < -0.4 is 0 Å². The number of nitrogens with zero attached hydrogens (tertiary/aromatic N) is 2. The summed E-state index contributed by atoms with van der Waals surface area (Å²) in [6.45, 7) is 0.348. The van der Waals surface area contributed by atoms with E-state index in [1.54, 1.807) is 6.07 Å². The Morgan fingerprint density at radius 2 is 1.56 bits per heavy atom. The monoisotopic (exact) mass is 460 g/mol. The lowest BCUT2D eigenvalue weighted by Gasteiger charge is -2.18. The molecule has 3 aromatic carbocycles. The quantitative estimate of drug-likeness (QED) is 0.280. The van der Waals surface area contributed by atoms with Crippen molar-refractivity contribution in [2.24, 2.45) is 5.16 Å². The summed E-state index contributed by atoms with van der Waals surface area (Å²) < 4.78 is 2.36. The standard InChI is InChI=1S/C27H22Cl2N2O/c28-23-15-14-19(16-24(23)29)18-32-30-25-12-7-13-26-22(25)17-27(20-8-3-1-4-9-20)31(26)21-10-5-2-6-11-21/h1-6,8-11,14-17H,7,12-13,18H2/b30-25+. The topological polar surface area (TPSA) is 26.5 Å². The predicted octanol–water partition coefficient (Wildman–Crippen LogP) is 7.71. The summed E-state index contributed by atoms with van der Waals surface area (Å²) in [5.41, 5.74) is 7.87. The molecule has 0 aliphatic heterocycles. The van der Waals surface area contributed by atoms with Crippen molar-refractivity contribution in [2.45, 2.75) is 25.9 Å². The van der Waals surface area contributed by atoms with Gasteiger partial charge in [0.1, 0.15) is 6.61 Å². The van der Waals surface area contributed by atoms with Crippen LogP contribution in [-0.2, 0) is 17.9 Å². The molecule has 0 unspecified atom stereocenters. The second-order valence-corrected chi connectivity index (χ2v) is 8.65. The molecular formula is C27H22Cl2N2O. The first kappa shape index (κ1) is 20.9. The number of halogens is 2. The van der Waals surface area contributed by atoms with Crippen molar-refractivity contribution in [1.29, 1.82) is 0 Å². The van der Waals surface area contributed by atoms with Crippen molar-refractivity contribution >= 4 is 28.9 Å². The smallest absolute Gasteiger partial charge is 0.142 e. The summed E-state index contributed by atoms with van der Waals surface area (Å²) >= 11 is 12.1. The number of benzene rings is 3. The average Bonchev–Trinajstić information content (AvgIpc) is 3.23. The maximum Gasteiger partial charge on any atom is 0.142 e. The van der Waals surface area contributed by atoms with Crippen LogP contribution in [0.25, 0.3) is 16.9 Å². The van der Waals surface area contributed by atoms with Crippen LogP contribution in [0.3, 0.4) is 0 Å². The van der Waals surface area contributed by atoms with Gasteiger partial charge in [-0.1, -0.05) is 83.0 Å². The average molecular weight is 461 g/mol. The van der Waals surface area contributed by atoms with Crippen LogP contribution in [-0.4, -0.2) is 10.3 Å². The maximum atomic E-state index is 6.12. The van der Waals surface area contributed by atoms with Gasteiger partial charge in [-0.3, -0.25) is 0 Å². The second-order valence-electron chi connectivity index (χ2n) is 7.84. The fraction of sp³-hybridized carbons (Fsp3) is 0.148. The molecule has 0 amide bonds. The Balaban J connectivity index is 1.51. The molecule has 0 atom stereocenters. The van der Waals surface area contributed by atoms with Gasteiger partial charge in [-0.15, -0.1) is 0 Å². The molecule has 1 aliphatic rings. The summed E-state index contributed by atoms with van der Waals surface area (Å²) in [5.74, 6) is 0. The lowest BCUT2D eigenvalue weighted by atomic mass is 9.95. The summed E-state index contributed by atoms with van der Waals surface area (Å²) in [5, 5.41) is 5.60. The predicted molar refractivity (Wildman–Crippen MR) is 132 cm³/mol. The number of oxime groups is 1. The first-order valence-electron chi connectivity index (χ1n) is 10.7. The van der Waals surface area contributed by atoms with Gasteiger partial charge in [-0.05, 0) is 60.7 Å². The van der Waals surface area contributed by atoms with E-state index >= 15 is 0 Å². The number of rotatable bonds is 5. The molecule has 0 fully saturated rings. The molecule has 0 saturated heterocycles. The van der Waals surface area contributed by atoms with Crippen LogP contribution in [0.5, 0.6) is 0 Å². The van der Waals surface area contributed by atoms with Gasteiger partial charge in [0, 0.05) is 16.9 Å². The molecular weight excluding hydrogens is 439 g/mol. The zero-order valence-corrected chi connectivity index (χ0v) is 19.0. The van der Waals surface area contributed by atoms with Gasteiger partial charge in [0.2, 0.25) is 0 Å². The Kier molecular flexibility index (Phi) is 6.02. The molecule has 4 aromatic rings. The van der Waals surface area contributed by atoms with Crippen molar-refractivity contribution in [3.63, 3.8) is 0 Å². The number of hydrogen-bond acceptors (Lipinski definition) is 2. The van der Waals surface area contributed by atoms with Gasteiger partial charge in [0.15, 0.2) is 0 Å². The van der Waals surface area contributed by atoms with E-state index < -0.39 is 0 Å². The van der Waals surface area contributed by atoms with Crippen molar-refractivity contribution in [3.8, 4) is 16.9 Å². The van der Waals surface area contributed by atoms with E-state index in [-0.39, 0.29) is 0 Å². The van der Waals surface area contributed by atoms with E-state index in [0.29, 0.717) is 16.7 Å². The molecule has 5 heteroatoms. The van der Waals surface area contributed by atoms with Crippen LogP contribution in [0.2, 0.25) is 10.0 Å². The van der Waals surface area contributed by atoms with Gasteiger partial charge in [0.05, 0.1) is 21.5 Å². The van der Waals surface area contributed by atoms with E-state index in [0.717, 1.165) is 41.8 Å². The Labute approximate surface area is 197 Å². The van der Waals surface area contributed by atoms with Crippen LogP contribution in [0, 0.1) is 0 Å². The van der Waals surface area contributed by atoms with Gasteiger partial charge in [-0.25, -0.2) is 0 Å². The largest absolute Gasteiger partial charge is 0.391 e. The normalized spacial score (nSPS) is 14.4. The van der Waals surface area contributed by atoms with Crippen molar-refractivity contribution in [2.75, 3.05) is 0 Å². The summed E-state index contributed by atoms with van der Waals surface area (Å²) in [6.07, 6.45) is 2.93. The molecule has 0 spiro atoms. The minimum atomic E-state index is 0.348. The van der Waals surface area contributed by atoms with E-state index in [9.17, 15) is 0 Å². The first-order valence-corrected chi connectivity index (χ1v) is 11.4. The third kappa shape index (κ3) is 4.19. The van der Waals surface area contributed by atoms with Crippen molar-refractivity contribution in [1.82, 2.24) is 4.57 Å². The van der Waals surface area contributed by atoms with E-state index in [4.69, 9.17) is 28.0 Å². The molecule has 0 radical (unpaired) electrons. The molecule has 1 heterocycles. The van der Waals surface area contributed by atoms with Gasteiger partial charge in [-0.2, -0.15) is 0 Å². The number of para-hydroxylation sites is 1. The molecule has 32 heavy (non-hydrogen) atoms. The van der Waals surface area contributed by atoms with Crippen LogP contribution in [0.1, 0.15) is 29.7 Å². The number of hydrogen-bond donors (Lipinski definition) is 0. The summed E-state index contributed by atoms with van der Waals surface area (Å²) in [4.78, 5) is 5.75. The van der Waals surface area contributed by atoms with Crippen molar-refractivity contribution in [3.05, 3.63) is 112 Å². The molecule has 0 N–H and O–H groups in total. The molecule has 1 aliphatic carbocycles. The highest BCUT2D eigenvalue weighted by molar-refractivity contribution is 6.42. The Morgan fingerprint density at radius 1 is 0.812 bits per heavy atom. The molecule has 160 valence electrons. The lowest BCUT2D eigenvalue weighted by Crippen LogP contribution is -2.14.